The lowest BCUT2D eigenvalue weighted by Crippen LogP contribution is -2.20. The molecule has 2 heterocycles. The highest BCUT2D eigenvalue weighted by Crippen LogP contribution is 2.27. The van der Waals surface area contributed by atoms with Crippen LogP contribution in [0.3, 0.4) is 0 Å². The summed E-state index contributed by atoms with van der Waals surface area (Å²) in [4.78, 5) is 22.0. The number of aromatic carboxylic acids is 1. The summed E-state index contributed by atoms with van der Waals surface area (Å²) in [6.45, 7) is 0.496. The van der Waals surface area contributed by atoms with Crippen molar-refractivity contribution in [3.05, 3.63) is 72.1 Å². The average Bonchev–Trinajstić information content (AvgIpc) is 2.67. The number of pyridine rings is 2. The third-order valence-electron chi connectivity index (χ3n) is 3.97. The number of hydrogen-bond donors (Lipinski definition) is 1. The molecule has 0 spiro atoms. The number of rotatable bonds is 6. The largest absolute Gasteiger partial charge is 0.481 e. The van der Waals surface area contributed by atoms with Gasteiger partial charge in [0.2, 0.25) is 5.88 Å². The van der Waals surface area contributed by atoms with Gasteiger partial charge in [-0.3, -0.25) is 4.98 Å². The standard InChI is InChI=1S/C19H18BN3O3/c1-26-18-16(20)7-8-17(22-18)23(12-13-4-3-9-21-11-13)15-6-2-5-14(10-15)19(24)25/h2-11H,12,20H2,1H3,(H,24,25). The molecule has 7 heteroatoms. The van der Waals surface area contributed by atoms with Crippen LogP contribution >= 0.6 is 0 Å². The van der Waals surface area contributed by atoms with Crippen LogP contribution in [0.5, 0.6) is 5.88 Å². The first kappa shape index (κ1) is 17.5. The first-order valence-corrected chi connectivity index (χ1v) is 8.10. The Hall–Kier alpha value is -3.35. The van der Waals surface area contributed by atoms with Crippen LogP contribution in [0.2, 0.25) is 0 Å². The second kappa shape index (κ2) is 7.69. The Bertz CT molecular complexity index is 919. The van der Waals surface area contributed by atoms with Crippen molar-refractivity contribution in [1.82, 2.24) is 9.97 Å². The first-order chi connectivity index (χ1) is 12.6. The number of methoxy groups -OCH3 is 1. The van der Waals surface area contributed by atoms with E-state index in [9.17, 15) is 9.90 Å². The highest BCUT2D eigenvalue weighted by atomic mass is 16.5. The van der Waals surface area contributed by atoms with E-state index < -0.39 is 5.97 Å². The average molecular weight is 347 g/mol. The summed E-state index contributed by atoms with van der Waals surface area (Å²) in [7, 11) is 3.50. The smallest absolute Gasteiger partial charge is 0.335 e. The minimum Gasteiger partial charge on any atom is -0.481 e. The quantitative estimate of drug-likeness (QED) is 0.685. The normalized spacial score (nSPS) is 10.3. The maximum Gasteiger partial charge on any atom is 0.335 e. The number of carbonyl (C=O) groups is 1. The summed E-state index contributed by atoms with van der Waals surface area (Å²) >= 11 is 0. The van der Waals surface area contributed by atoms with Gasteiger partial charge in [-0.25, -0.2) is 4.79 Å². The second-order valence-corrected chi connectivity index (χ2v) is 5.80. The molecule has 0 atom stereocenters. The summed E-state index contributed by atoms with van der Waals surface area (Å²) in [5, 5.41) is 9.31. The van der Waals surface area contributed by atoms with Crippen molar-refractivity contribution in [2.45, 2.75) is 6.54 Å². The van der Waals surface area contributed by atoms with Crippen LogP contribution in [0.1, 0.15) is 15.9 Å². The van der Waals surface area contributed by atoms with E-state index in [4.69, 9.17) is 4.74 Å². The number of nitrogens with zero attached hydrogens (tertiary/aromatic N) is 3. The lowest BCUT2D eigenvalue weighted by Gasteiger charge is -2.25. The lowest BCUT2D eigenvalue weighted by molar-refractivity contribution is 0.0697. The molecule has 0 saturated carbocycles. The topological polar surface area (TPSA) is 75.6 Å². The molecular weight excluding hydrogens is 329 g/mol. The van der Waals surface area contributed by atoms with E-state index in [1.54, 1.807) is 37.7 Å². The number of hydrogen-bond acceptors (Lipinski definition) is 5. The van der Waals surface area contributed by atoms with Gasteiger partial charge in [-0.05, 0) is 41.4 Å². The number of carboxylic acids is 1. The van der Waals surface area contributed by atoms with Gasteiger partial charge in [0.1, 0.15) is 13.7 Å². The van der Waals surface area contributed by atoms with E-state index in [2.05, 4.69) is 9.97 Å². The fourth-order valence-electron chi connectivity index (χ4n) is 2.64. The van der Waals surface area contributed by atoms with Gasteiger partial charge in [0.05, 0.1) is 19.2 Å². The van der Waals surface area contributed by atoms with E-state index in [-0.39, 0.29) is 5.56 Å². The molecule has 2 aromatic heterocycles. The van der Waals surface area contributed by atoms with Crippen LogP contribution in [-0.4, -0.2) is 36.0 Å². The molecule has 3 rings (SSSR count). The Morgan fingerprint density at radius 1 is 1.23 bits per heavy atom. The zero-order chi connectivity index (χ0) is 18.5. The maximum absolute atomic E-state index is 11.4. The third-order valence-corrected chi connectivity index (χ3v) is 3.97. The number of carboxylic acid groups (broad SMARTS) is 1. The van der Waals surface area contributed by atoms with E-state index >= 15 is 0 Å². The molecule has 0 bridgehead atoms. The van der Waals surface area contributed by atoms with Crippen molar-refractivity contribution in [3.8, 4) is 5.88 Å². The highest BCUT2D eigenvalue weighted by Gasteiger charge is 2.15. The van der Waals surface area contributed by atoms with Gasteiger partial charge in [0, 0.05) is 18.1 Å². The van der Waals surface area contributed by atoms with E-state index in [1.807, 2.05) is 43.1 Å². The predicted octanol–water partition coefficient (Wildman–Crippen LogP) is 1.78. The van der Waals surface area contributed by atoms with Gasteiger partial charge in [-0.15, -0.1) is 0 Å². The monoisotopic (exact) mass is 347 g/mol. The predicted molar refractivity (Wildman–Crippen MR) is 102 cm³/mol. The highest BCUT2D eigenvalue weighted by molar-refractivity contribution is 6.34. The molecule has 130 valence electrons. The van der Waals surface area contributed by atoms with Crippen molar-refractivity contribution >= 4 is 30.8 Å². The van der Waals surface area contributed by atoms with Crippen molar-refractivity contribution < 1.29 is 14.6 Å². The minimum atomic E-state index is -0.970. The second-order valence-electron chi connectivity index (χ2n) is 5.80. The van der Waals surface area contributed by atoms with Crippen molar-refractivity contribution in [3.63, 3.8) is 0 Å². The van der Waals surface area contributed by atoms with Crippen LogP contribution in [0.4, 0.5) is 11.5 Å². The number of ether oxygens (including phenoxy) is 1. The van der Waals surface area contributed by atoms with Gasteiger partial charge >= 0.3 is 5.97 Å². The first-order valence-electron chi connectivity index (χ1n) is 8.10. The fourth-order valence-corrected chi connectivity index (χ4v) is 2.64. The van der Waals surface area contributed by atoms with E-state index in [0.29, 0.717) is 18.2 Å². The molecule has 0 aliphatic heterocycles. The van der Waals surface area contributed by atoms with Crippen LogP contribution in [0.15, 0.2) is 60.9 Å². The Morgan fingerprint density at radius 3 is 2.77 bits per heavy atom. The molecular formula is C19H18BN3O3. The minimum absolute atomic E-state index is 0.220. The molecule has 3 aromatic rings. The molecule has 1 N–H and O–H groups in total. The number of anilines is 2. The van der Waals surface area contributed by atoms with Crippen LogP contribution < -0.4 is 15.1 Å². The van der Waals surface area contributed by atoms with Crippen LogP contribution in [0.25, 0.3) is 0 Å². The Labute approximate surface area is 152 Å². The van der Waals surface area contributed by atoms with E-state index in [0.717, 1.165) is 16.7 Å². The molecule has 0 radical (unpaired) electrons. The van der Waals surface area contributed by atoms with Gasteiger partial charge in [-0.2, -0.15) is 4.98 Å². The summed E-state index contributed by atoms with van der Waals surface area (Å²) < 4.78 is 5.34. The third kappa shape index (κ3) is 3.83. The Balaban J connectivity index is 2.07. The molecule has 0 fully saturated rings. The van der Waals surface area contributed by atoms with E-state index in [1.165, 1.54) is 0 Å². The summed E-state index contributed by atoms with van der Waals surface area (Å²) in [6.07, 6.45) is 3.49. The van der Waals surface area contributed by atoms with Crippen LogP contribution in [0, 0.1) is 0 Å². The molecule has 0 amide bonds. The van der Waals surface area contributed by atoms with Gasteiger partial charge < -0.3 is 14.7 Å². The zero-order valence-corrected chi connectivity index (χ0v) is 14.6. The molecule has 1 aromatic carbocycles. The lowest BCUT2D eigenvalue weighted by atomic mass is 9.98. The Morgan fingerprint density at radius 2 is 2.08 bits per heavy atom. The SMILES string of the molecule is Bc1ccc(N(Cc2cccnc2)c2cccc(C(=O)O)c2)nc1OC. The van der Waals surface area contributed by atoms with Crippen molar-refractivity contribution in [1.29, 1.82) is 0 Å². The molecule has 6 nitrogen and oxygen atoms in total. The van der Waals surface area contributed by atoms with Gasteiger partial charge in [0.25, 0.3) is 0 Å². The molecule has 0 saturated heterocycles. The van der Waals surface area contributed by atoms with Gasteiger partial charge in [-0.1, -0.05) is 18.2 Å². The summed E-state index contributed by atoms with van der Waals surface area (Å²) in [6, 6.07) is 14.4. The molecule has 0 aliphatic rings. The van der Waals surface area contributed by atoms with Crippen molar-refractivity contribution in [2.75, 3.05) is 12.0 Å². The van der Waals surface area contributed by atoms with Gasteiger partial charge in [0.15, 0.2) is 0 Å². The molecule has 26 heavy (non-hydrogen) atoms. The zero-order valence-electron chi connectivity index (χ0n) is 14.6. The van der Waals surface area contributed by atoms with Crippen molar-refractivity contribution in [2.24, 2.45) is 0 Å². The molecule has 0 unspecified atom stereocenters. The Kier molecular flexibility index (Phi) is 5.17. The maximum atomic E-state index is 11.4. The summed E-state index contributed by atoms with van der Waals surface area (Å²) in [5.41, 5.74) is 2.86. The number of aromatic nitrogens is 2. The number of benzene rings is 1. The van der Waals surface area contributed by atoms with Crippen LogP contribution in [-0.2, 0) is 6.54 Å². The molecule has 0 aliphatic carbocycles. The summed E-state index contributed by atoms with van der Waals surface area (Å²) in [5.74, 6) is 0.231. The fraction of sp³-hybridized carbons (Fsp3) is 0.105.